The fourth-order valence-electron chi connectivity index (χ4n) is 2.42. The molecule has 0 saturated heterocycles. The van der Waals surface area contributed by atoms with Gasteiger partial charge in [0.1, 0.15) is 5.82 Å². The molecule has 0 atom stereocenters. The Labute approximate surface area is 123 Å². The maximum atomic E-state index is 12.2. The van der Waals surface area contributed by atoms with Crippen molar-refractivity contribution >= 4 is 22.5 Å². The zero-order valence-corrected chi connectivity index (χ0v) is 11.8. The summed E-state index contributed by atoms with van der Waals surface area (Å²) in [5.41, 5.74) is 1.91. The zero-order valence-electron chi connectivity index (χ0n) is 11.8. The van der Waals surface area contributed by atoms with Crippen LogP contribution in [0, 0.1) is 6.92 Å². The minimum absolute atomic E-state index is 0.0514. The first-order chi connectivity index (χ1) is 10.2. The highest BCUT2D eigenvalue weighted by molar-refractivity contribution is 5.95. The Balaban J connectivity index is 1.80. The maximum Gasteiger partial charge on any atom is 0.229 e. The van der Waals surface area contributed by atoms with Crippen molar-refractivity contribution in [3.05, 3.63) is 71.9 Å². The third kappa shape index (κ3) is 3.08. The van der Waals surface area contributed by atoms with E-state index in [2.05, 4.69) is 22.4 Å². The topological polar surface area (TPSA) is 42.0 Å². The second kappa shape index (κ2) is 5.75. The molecule has 0 spiro atoms. The fourth-order valence-corrected chi connectivity index (χ4v) is 2.42. The molecule has 1 amide bonds. The van der Waals surface area contributed by atoms with Gasteiger partial charge in [0.2, 0.25) is 5.91 Å². The van der Waals surface area contributed by atoms with Crippen LogP contribution in [0.25, 0.3) is 10.8 Å². The number of nitrogens with one attached hydrogen (secondary N) is 1. The molecule has 1 aromatic heterocycles. The largest absolute Gasteiger partial charge is 0.310 e. The first kappa shape index (κ1) is 13.3. The molecule has 0 radical (unpaired) electrons. The minimum Gasteiger partial charge on any atom is -0.310 e. The van der Waals surface area contributed by atoms with Crippen molar-refractivity contribution in [3.63, 3.8) is 0 Å². The van der Waals surface area contributed by atoms with Gasteiger partial charge in [0.25, 0.3) is 0 Å². The fraction of sp³-hybridized carbons (Fsp3) is 0.111. The molecule has 0 aliphatic carbocycles. The number of hydrogen-bond acceptors (Lipinski definition) is 2. The number of anilines is 1. The third-order valence-electron chi connectivity index (χ3n) is 3.39. The molecular weight excluding hydrogens is 260 g/mol. The highest BCUT2D eigenvalue weighted by Gasteiger charge is 2.07. The van der Waals surface area contributed by atoms with Crippen LogP contribution in [0.4, 0.5) is 5.82 Å². The Bertz CT molecular complexity index is 791. The Kier molecular flexibility index (Phi) is 3.65. The molecule has 0 aliphatic rings. The standard InChI is InChI=1S/C18H16N2O/c1-13-6-4-11-17(19-13)20-18(21)12-15-9-5-8-14-7-2-3-10-16(14)15/h2-11H,12H2,1H3,(H,19,20,21). The molecule has 0 aliphatic heterocycles. The van der Waals surface area contributed by atoms with Gasteiger partial charge in [0.15, 0.2) is 0 Å². The lowest BCUT2D eigenvalue weighted by Gasteiger charge is -2.08. The first-order valence-corrected chi connectivity index (χ1v) is 6.92. The van der Waals surface area contributed by atoms with Crippen molar-refractivity contribution in [1.82, 2.24) is 4.98 Å². The molecule has 3 rings (SSSR count). The monoisotopic (exact) mass is 276 g/mol. The highest BCUT2D eigenvalue weighted by Crippen LogP contribution is 2.19. The van der Waals surface area contributed by atoms with Gasteiger partial charge in [-0.15, -0.1) is 0 Å². The maximum absolute atomic E-state index is 12.2. The molecule has 3 heteroatoms. The van der Waals surface area contributed by atoms with Gasteiger partial charge in [-0.1, -0.05) is 48.5 Å². The summed E-state index contributed by atoms with van der Waals surface area (Å²) in [5.74, 6) is 0.546. The van der Waals surface area contributed by atoms with E-state index in [-0.39, 0.29) is 5.91 Å². The van der Waals surface area contributed by atoms with Gasteiger partial charge < -0.3 is 5.32 Å². The van der Waals surface area contributed by atoms with Crippen LogP contribution in [-0.2, 0) is 11.2 Å². The summed E-state index contributed by atoms with van der Waals surface area (Å²) >= 11 is 0. The predicted octanol–water partition coefficient (Wildman–Crippen LogP) is 3.72. The average molecular weight is 276 g/mol. The van der Waals surface area contributed by atoms with E-state index in [0.29, 0.717) is 12.2 Å². The van der Waals surface area contributed by atoms with E-state index in [1.165, 1.54) is 0 Å². The molecule has 3 nitrogen and oxygen atoms in total. The van der Waals surface area contributed by atoms with E-state index in [9.17, 15) is 4.79 Å². The van der Waals surface area contributed by atoms with Crippen LogP contribution in [0.1, 0.15) is 11.3 Å². The zero-order chi connectivity index (χ0) is 14.7. The van der Waals surface area contributed by atoms with Gasteiger partial charge >= 0.3 is 0 Å². The van der Waals surface area contributed by atoms with E-state index in [1.807, 2.05) is 49.4 Å². The second-order valence-corrected chi connectivity index (χ2v) is 5.03. The van der Waals surface area contributed by atoms with Gasteiger partial charge in [0, 0.05) is 5.69 Å². The van der Waals surface area contributed by atoms with E-state index in [1.54, 1.807) is 6.07 Å². The number of nitrogens with zero attached hydrogens (tertiary/aromatic N) is 1. The Morgan fingerprint density at radius 1 is 1.00 bits per heavy atom. The normalized spacial score (nSPS) is 10.5. The number of pyridine rings is 1. The lowest BCUT2D eigenvalue weighted by molar-refractivity contribution is -0.115. The summed E-state index contributed by atoms with van der Waals surface area (Å²) in [5, 5.41) is 5.11. The van der Waals surface area contributed by atoms with Crippen molar-refractivity contribution in [2.24, 2.45) is 0 Å². The molecule has 0 unspecified atom stereocenters. The highest BCUT2D eigenvalue weighted by atomic mass is 16.1. The summed E-state index contributed by atoms with van der Waals surface area (Å²) < 4.78 is 0. The molecule has 1 N–H and O–H groups in total. The van der Waals surface area contributed by atoms with Crippen molar-refractivity contribution in [2.45, 2.75) is 13.3 Å². The van der Waals surface area contributed by atoms with Gasteiger partial charge in [-0.3, -0.25) is 4.79 Å². The number of amides is 1. The Morgan fingerprint density at radius 2 is 1.76 bits per heavy atom. The number of aromatic nitrogens is 1. The summed E-state index contributed by atoms with van der Waals surface area (Å²) in [7, 11) is 0. The molecule has 21 heavy (non-hydrogen) atoms. The quantitative estimate of drug-likeness (QED) is 0.792. The minimum atomic E-state index is -0.0514. The van der Waals surface area contributed by atoms with Crippen LogP contribution < -0.4 is 5.32 Å². The van der Waals surface area contributed by atoms with E-state index in [0.717, 1.165) is 22.0 Å². The summed E-state index contributed by atoms with van der Waals surface area (Å²) in [4.78, 5) is 16.5. The molecule has 0 bridgehead atoms. The Hall–Kier alpha value is -2.68. The number of aryl methyl sites for hydroxylation is 1. The summed E-state index contributed by atoms with van der Waals surface area (Å²) in [6, 6.07) is 19.7. The van der Waals surface area contributed by atoms with Crippen molar-refractivity contribution in [1.29, 1.82) is 0 Å². The van der Waals surface area contributed by atoms with E-state index in [4.69, 9.17) is 0 Å². The van der Waals surface area contributed by atoms with Crippen LogP contribution in [-0.4, -0.2) is 10.9 Å². The number of benzene rings is 2. The number of carbonyl (C=O) groups excluding carboxylic acids is 1. The number of carbonyl (C=O) groups is 1. The van der Waals surface area contributed by atoms with Gasteiger partial charge in [-0.05, 0) is 35.4 Å². The van der Waals surface area contributed by atoms with Crippen molar-refractivity contribution < 1.29 is 4.79 Å². The first-order valence-electron chi connectivity index (χ1n) is 6.92. The SMILES string of the molecule is Cc1cccc(NC(=O)Cc2cccc3ccccc23)n1. The van der Waals surface area contributed by atoms with Crippen molar-refractivity contribution in [3.8, 4) is 0 Å². The number of fused-ring (bicyclic) bond motifs is 1. The van der Waals surface area contributed by atoms with Crippen LogP contribution in [0.5, 0.6) is 0 Å². The lowest BCUT2D eigenvalue weighted by Crippen LogP contribution is -2.15. The third-order valence-corrected chi connectivity index (χ3v) is 3.39. The predicted molar refractivity (Wildman–Crippen MR) is 85.3 cm³/mol. The average Bonchev–Trinajstić information content (AvgIpc) is 2.47. The summed E-state index contributed by atoms with van der Waals surface area (Å²) in [6.45, 7) is 1.90. The molecule has 3 aromatic rings. The molecule has 1 heterocycles. The van der Waals surface area contributed by atoms with Gasteiger partial charge in [-0.2, -0.15) is 0 Å². The second-order valence-electron chi connectivity index (χ2n) is 5.03. The van der Waals surface area contributed by atoms with E-state index < -0.39 is 0 Å². The summed E-state index contributed by atoms with van der Waals surface area (Å²) in [6.07, 6.45) is 0.344. The van der Waals surface area contributed by atoms with Crippen LogP contribution in [0.15, 0.2) is 60.7 Å². The van der Waals surface area contributed by atoms with Crippen LogP contribution in [0.2, 0.25) is 0 Å². The van der Waals surface area contributed by atoms with Crippen LogP contribution >= 0.6 is 0 Å². The van der Waals surface area contributed by atoms with Gasteiger partial charge in [0.05, 0.1) is 6.42 Å². The van der Waals surface area contributed by atoms with Crippen molar-refractivity contribution in [2.75, 3.05) is 5.32 Å². The number of rotatable bonds is 3. The lowest BCUT2D eigenvalue weighted by atomic mass is 10.0. The molecule has 2 aromatic carbocycles. The number of hydrogen-bond donors (Lipinski definition) is 1. The molecule has 0 fully saturated rings. The van der Waals surface area contributed by atoms with Crippen LogP contribution in [0.3, 0.4) is 0 Å². The Morgan fingerprint density at radius 3 is 2.62 bits per heavy atom. The molecule has 104 valence electrons. The van der Waals surface area contributed by atoms with E-state index >= 15 is 0 Å². The van der Waals surface area contributed by atoms with Gasteiger partial charge in [-0.25, -0.2) is 4.98 Å². The molecule has 0 saturated carbocycles. The smallest absolute Gasteiger partial charge is 0.229 e. The molecular formula is C18H16N2O.